The molecular weight excluding hydrogens is 263 g/mol. The topological polar surface area (TPSA) is 29.3 Å². The lowest BCUT2D eigenvalue weighted by Crippen LogP contribution is -2.45. The summed E-state index contributed by atoms with van der Waals surface area (Å²) < 4.78 is 14.1. The molecule has 4 heteroatoms. The van der Waals surface area contributed by atoms with Gasteiger partial charge >= 0.3 is 0 Å². The average molecular weight is 285 g/mol. The van der Waals surface area contributed by atoms with Crippen LogP contribution in [-0.2, 0) is 0 Å². The Balaban J connectivity index is 2.24. The lowest BCUT2D eigenvalue weighted by Gasteiger charge is -2.41. The van der Waals surface area contributed by atoms with Crippen molar-refractivity contribution >= 4 is 11.6 Å². The maximum atomic E-state index is 14.1. The van der Waals surface area contributed by atoms with Gasteiger partial charge in [0.15, 0.2) is 0 Å². The molecule has 0 bridgehead atoms. The molecule has 0 radical (unpaired) electrons. The molecule has 1 heterocycles. The number of nitrogens with two attached hydrogens (primary N) is 1. The molecule has 2 N–H and O–H groups in total. The van der Waals surface area contributed by atoms with Crippen LogP contribution in [0.3, 0.4) is 0 Å². The molecule has 106 valence electrons. The molecule has 0 amide bonds. The van der Waals surface area contributed by atoms with Crippen LogP contribution in [0.2, 0.25) is 5.02 Å². The lowest BCUT2D eigenvalue weighted by molar-refractivity contribution is 0.0831. The SMILES string of the molecule is CC1CCN(C(CN)c2ccc(Cl)cc2F)C(C)C1. The van der Waals surface area contributed by atoms with E-state index in [1.54, 1.807) is 12.1 Å². The lowest BCUT2D eigenvalue weighted by atomic mass is 9.90. The van der Waals surface area contributed by atoms with E-state index in [4.69, 9.17) is 17.3 Å². The van der Waals surface area contributed by atoms with Gasteiger partial charge in [-0.05, 0) is 44.4 Å². The van der Waals surface area contributed by atoms with E-state index in [0.29, 0.717) is 23.2 Å². The molecule has 0 saturated carbocycles. The number of piperidine rings is 1. The van der Waals surface area contributed by atoms with Gasteiger partial charge in [-0.3, -0.25) is 4.90 Å². The molecule has 1 aromatic rings. The fourth-order valence-corrected chi connectivity index (χ4v) is 3.26. The molecule has 1 aromatic carbocycles. The zero-order chi connectivity index (χ0) is 14.0. The summed E-state index contributed by atoms with van der Waals surface area (Å²) in [6.45, 7) is 5.88. The Hall–Kier alpha value is -0.640. The third-order valence-electron chi connectivity index (χ3n) is 4.13. The first-order valence-electron chi connectivity index (χ1n) is 6.93. The zero-order valence-electron chi connectivity index (χ0n) is 11.6. The molecule has 1 aliphatic rings. The van der Waals surface area contributed by atoms with E-state index in [9.17, 15) is 4.39 Å². The highest BCUT2D eigenvalue weighted by Gasteiger charge is 2.30. The molecule has 1 fully saturated rings. The number of halogens is 2. The van der Waals surface area contributed by atoms with Crippen LogP contribution in [0.4, 0.5) is 4.39 Å². The van der Waals surface area contributed by atoms with Gasteiger partial charge in [0.25, 0.3) is 0 Å². The molecule has 0 spiro atoms. The monoisotopic (exact) mass is 284 g/mol. The van der Waals surface area contributed by atoms with Gasteiger partial charge in [-0.2, -0.15) is 0 Å². The number of hydrogen-bond donors (Lipinski definition) is 1. The number of benzene rings is 1. The summed E-state index contributed by atoms with van der Waals surface area (Å²) in [5.74, 6) is 0.480. The molecular formula is C15H22ClFN2. The Morgan fingerprint density at radius 3 is 2.79 bits per heavy atom. The molecule has 1 saturated heterocycles. The van der Waals surface area contributed by atoms with Crippen molar-refractivity contribution in [2.75, 3.05) is 13.1 Å². The van der Waals surface area contributed by atoms with Crippen molar-refractivity contribution in [2.24, 2.45) is 11.7 Å². The minimum absolute atomic E-state index is 0.0558. The highest BCUT2D eigenvalue weighted by molar-refractivity contribution is 6.30. The molecule has 2 rings (SSSR count). The first-order valence-corrected chi connectivity index (χ1v) is 7.31. The van der Waals surface area contributed by atoms with Crippen LogP contribution in [0.25, 0.3) is 0 Å². The van der Waals surface area contributed by atoms with Gasteiger partial charge in [0, 0.05) is 23.2 Å². The van der Waals surface area contributed by atoms with Crippen molar-refractivity contribution in [1.29, 1.82) is 0 Å². The van der Waals surface area contributed by atoms with Crippen LogP contribution in [-0.4, -0.2) is 24.0 Å². The molecule has 3 atom stereocenters. The van der Waals surface area contributed by atoms with Crippen LogP contribution in [0, 0.1) is 11.7 Å². The van der Waals surface area contributed by atoms with Gasteiger partial charge in [-0.25, -0.2) is 4.39 Å². The average Bonchev–Trinajstić information content (AvgIpc) is 2.34. The maximum absolute atomic E-state index is 14.1. The van der Waals surface area contributed by atoms with Crippen LogP contribution in [0.15, 0.2) is 18.2 Å². The number of likely N-dealkylation sites (tertiary alicyclic amines) is 1. The Labute approximate surface area is 119 Å². The molecule has 1 aliphatic heterocycles. The minimum atomic E-state index is -0.256. The summed E-state index contributed by atoms with van der Waals surface area (Å²) in [6, 6.07) is 5.25. The Bertz CT molecular complexity index is 438. The Kier molecular flexibility index (Phi) is 4.82. The van der Waals surface area contributed by atoms with Gasteiger partial charge < -0.3 is 5.73 Å². The summed E-state index contributed by atoms with van der Waals surface area (Å²) in [4.78, 5) is 2.33. The summed E-state index contributed by atoms with van der Waals surface area (Å²) in [5, 5.41) is 0.428. The van der Waals surface area contributed by atoms with E-state index in [2.05, 4.69) is 18.7 Å². The summed E-state index contributed by atoms with van der Waals surface area (Å²) in [7, 11) is 0. The fraction of sp³-hybridized carbons (Fsp3) is 0.600. The molecule has 0 aliphatic carbocycles. The third kappa shape index (κ3) is 3.28. The predicted octanol–water partition coefficient (Wildman–Crippen LogP) is 3.60. The van der Waals surface area contributed by atoms with Crippen molar-refractivity contribution in [1.82, 2.24) is 4.90 Å². The number of rotatable bonds is 3. The van der Waals surface area contributed by atoms with Crippen molar-refractivity contribution in [3.63, 3.8) is 0 Å². The van der Waals surface area contributed by atoms with E-state index in [1.807, 2.05) is 0 Å². The summed E-state index contributed by atoms with van der Waals surface area (Å²) in [6.07, 6.45) is 2.29. The Morgan fingerprint density at radius 1 is 1.47 bits per heavy atom. The van der Waals surface area contributed by atoms with E-state index in [1.165, 1.54) is 6.07 Å². The van der Waals surface area contributed by atoms with Crippen molar-refractivity contribution in [3.8, 4) is 0 Å². The summed E-state index contributed by atoms with van der Waals surface area (Å²) >= 11 is 5.81. The minimum Gasteiger partial charge on any atom is -0.329 e. The standard InChI is InChI=1S/C15H22ClFN2/c1-10-5-6-19(11(2)7-10)15(9-18)13-4-3-12(16)8-14(13)17/h3-4,8,10-11,15H,5-7,9,18H2,1-2H3. The Morgan fingerprint density at radius 2 is 2.21 bits per heavy atom. The first-order chi connectivity index (χ1) is 9.02. The fourth-order valence-electron chi connectivity index (χ4n) is 3.10. The smallest absolute Gasteiger partial charge is 0.129 e. The van der Waals surface area contributed by atoms with Crippen molar-refractivity contribution in [2.45, 2.75) is 38.8 Å². The molecule has 3 unspecified atom stereocenters. The van der Waals surface area contributed by atoms with Crippen LogP contribution in [0.1, 0.15) is 38.3 Å². The normalized spacial score (nSPS) is 26.4. The van der Waals surface area contributed by atoms with E-state index >= 15 is 0 Å². The van der Waals surface area contributed by atoms with Gasteiger partial charge in [0.2, 0.25) is 0 Å². The van der Waals surface area contributed by atoms with Gasteiger partial charge in [-0.1, -0.05) is 24.6 Å². The van der Waals surface area contributed by atoms with E-state index < -0.39 is 0 Å². The predicted molar refractivity (Wildman–Crippen MR) is 77.8 cm³/mol. The van der Waals surface area contributed by atoms with Gasteiger partial charge in [0.05, 0.1) is 6.04 Å². The highest BCUT2D eigenvalue weighted by Crippen LogP contribution is 2.32. The maximum Gasteiger partial charge on any atom is 0.129 e. The van der Waals surface area contributed by atoms with E-state index in [0.717, 1.165) is 25.3 Å². The first kappa shape index (κ1) is 14.8. The number of nitrogens with zero attached hydrogens (tertiary/aromatic N) is 1. The van der Waals surface area contributed by atoms with Crippen LogP contribution in [0.5, 0.6) is 0 Å². The zero-order valence-corrected chi connectivity index (χ0v) is 12.3. The van der Waals surface area contributed by atoms with Gasteiger partial charge in [0.1, 0.15) is 5.82 Å². The molecule has 0 aromatic heterocycles. The second-order valence-corrected chi connectivity index (χ2v) is 6.07. The third-order valence-corrected chi connectivity index (χ3v) is 4.37. The van der Waals surface area contributed by atoms with Crippen molar-refractivity contribution < 1.29 is 4.39 Å². The quantitative estimate of drug-likeness (QED) is 0.919. The molecule has 19 heavy (non-hydrogen) atoms. The highest BCUT2D eigenvalue weighted by atomic mass is 35.5. The molecule has 2 nitrogen and oxygen atoms in total. The van der Waals surface area contributed by atoms with Gasteiger partial charge in [-0.15, -0.1) is 0 Å². The number of hydrogen-bond acceptors (Lipinski definition) is 2. The van der Waals surface area contributed by atoms with Crippen LogP contribution >= 0.6 is 11.6 Å². The van der Waals surface area contributed by atoms with E-state index in [-0.39, 0.29) is 11.9 Å². The second-order valence-electron chi connectivity index (χ2n) is 5.63. The van der Waals surface area contributed by atoms with Crippen LogP contribution < -0.4 is 5.73 Å². The summed E-state index contributed by atoms with van der Waals surface area (Å²) in [5.41, 5.74) is 6.56. The largest absolute Gasteiger partial charge is 0.329 e. The second kappa shape index (κ2) is 6.21. The van der Waals surface area contributed by atoms with Crippen molar-refractivity contribution in [3.05, 3.63) is 34.6 Å².